The third kappa shape index (κ3) is 4.72. The minimum Gasteiger partial charge on any atom is -0.480 e. The van der Waals surface area contributed by atoms with E-state index >= 15 is 0 Å². The largest absolute Gasteiger partial charge is 0.480 e. The molecule has 1 fully saturated rings. The highest BCUT2D eigenvalue weighted by Crippen LogP contribution is 2.44. The van der Waals surface area contributed by atoms with Crippen molar-refractivity contribution in [2.45, 2.75) is 57.0 Å². The fraction of sp³-hybridized carbons (Fsp3) is 0.423. The standard InChI is InChI=1S/C26H30N2O5/c1-2-9-22(24(29)28-15-8-7-14-23(28)25(30)31)27-26(32)33-16-21-19-12-5-3-10-17(19)18-11-4-6-13-20(18)21/h3-6,10-13,21-23H,2,7-9,14-16H2,1H3,(H,27,32)(H,30,31)/t22-,23+/m1/s1. The highest BCUT2D eigenvalue weighted by Gasteiger charge is 2.36. The number of rotatable bonds is 7. The summed E-state index contributed by atoms with van der Waals surface area (Å²) in [5.41, 5.74) is 4.52. The van der Waals surface area contributed by atoms with Gasteiger partial charge in [-0.25, -0.2) is 9.59 Å². The van der Waals surface area contributed by atoms with Gasteiger partial charge in [0.15, 0.2) is 0 Å². The first-order valence-electron chi connectivity index (χ1n) is 11.7. The number of likely N-dealkylation sites (tertiary alicyclic amines) is 1. The van der Waals surface area contributed by atoms with Crippen LogP contribution in [-0.2, 0) is 14.3 Å². The number of carboxylic acids is 1. The van der Waals surface area contributed by atoms with E-state index < -0.39 is 24.1 Å². The smallest absolute Gasteiger partial charge is 0.407 e. The zero-order valence-electron chi connectivity index (χ0n) is 18.8. The van der Waals surface area contributed by atoms with Crippen molar-refractivity contribution in [2.75, 3.05) is 13.2 Å². The van der Waals surface area contributed by atoms with Crippen molar-refractivity contribution in [1.82, 2.24) is 10.2 Å². The number of nitrogens with one attached hydrogen (secondary N) is 1. The van der Waals surface area contributed by atoms with Crippen molar-refractivity contribution >= 4 is 18.0 Å². The summed E-state index contributed by atoms with van der Waals surface area (Å²) in [5.74, 6) is -1.42. The van der Waals surface area contributed by atoms with Gasteiger partial charge in [0.05, 0.1) is 0 Å². The van der Waals surface area contributed by atoms with Crippen LogP contribution in [0.4, 0.5) is 4.79 Å². The molecule has 1 heterocycles. The van der Waals surface area contributed by atoms with E-state index in [2.05, 4.69) is 17.4 Å². The summed E-state index contributed by atoms with van der Waals surface area (Å²) in [6.45, 7) is 2.47. The Kier molecular flexibility index (Phi) is 6.96. The Morgan fingerprint density at radius 3 is 2.30 bits per heavy atom. The number of piperidine rings is 1. The molecule has 33 heavy (non-hydrogen) atoms. The Morgan fingerprint density at radius 1 is 1.06 bits per heavy atom. The lowest BCUT2D eigenvalue weighted by Crippen LogP contribution is -2.55. The summed E-state index contributed by atoms with van der Waals surface area (Å²) in [6, 6.07) is 14.6. The van der Waals surface area contributed by atoms with E-state index in [-0.39, 0.29) is 18.4 Å². The predicted molar refractivity (Wildman–Crippen MR) is 124 cm³/mol. The number of ether oxygens (including phenoxy) is 1. The fourth-order valence-corrected chi connectivity index (χ4v) is 4.98. The lowest BCUT2D eigenvalue weighted by atomic mass is 9.98. The van der Waals surface area contributed by atoms with Crippen molar-refractivity contribution in [3.05, 3.63) is 59.7 Å². The monoisotopic (exact) mass is 450 g/mol. The maximum Gasteiger partial charge on any atom is 0.407 e. The van der Waals surface area contributed by atoms with E-state index in [0.717, 1.165) is 35.1 Å². The van der Waals surface area contributed by atoms with Gasteiger partial charge in [-0.1, -0.05) is 61.9 Å². The molecule has 0 radical (unpaired) electrons. The van der Waals surface area contributed by atoms with E-state index in [1.54, 1.807) is 0 Å². The Hall–Kier alpha value is -3.35. The molecule has 1 saturated heterocycles. The molecule has 1 aliphatic heterocycles. The van der Waals surface area contributed by atoms with Crippen molar-refractivity contribution in [1.29, 1.82) is 0 Å². The number of benzene rings is 2. The first-order chi connectivity index (χ1) is 16.0. The Labute approximate surface area is 193 Å². The van der Waals surface area contributed by atoms with E-state index in [9.17, 15) is 19.5 Å². The van der Waals surface area contributed by atoms with Crippen molar-refractivity contribution in [3.8, 4) is 11.1 Å². The summed E-state index contributed by atoms with van der Waals surface area (Å²) in [7, 11) is 0. The molecular formula is C26H30N2O5. The van der Waals surface area contributed by atoms with Gasteiger partial charge in [-0.15, -0.1) is 0 Å². The van der Waals surface area contributed by atoms with Crippen molar-refractivity contribution < 1.29 is 24.2 Å². The third-order valence-electron chi connectivity index (χ3n) is 6.58. The van der Waals surface area contributed by atoms with Gasteiger partial charge >= 0.3 is 12.1 Å². The molecule has 0 spiro atoms. The summed E-state index contributed by atoms with van der Waals surface area (Å²) in [6.07, 6.45) is 2.41. The van der Waals surface area contributed by atoms with Crippen LogP contribution in [0.15, 0.2) is 48.5 Å². The lowest BCUT2D eigenvalue weighted by molar-refractivity contribution is -0.153. The first-order valence-corrected chi connectivity index (χ1v) is 11.7. The number of carboxylic acid groups (broad SMARTS) is 1. The van der Waals surface area contributed by atoms with Crippen LogP contribution in [0.3, 0.4) is 0 Å². The molecule has 0 aromatic heterocycles. The van der Waals surface area contributed by atoms with E-state index in [1.807, 2.05) is 43.3 Å². The summed E-state index contributed by atoms with van der Waals surface area (Å²) < 4.78 is 5.59. The van der Waals surface area contributed by atoms with Crippen LogP contribution in [0, 0.1) is 0 Å². The second kappa shape index (κ2) is 10.1. The number of alkyl carbamates (subject to hydrolysis) is 1. The maximum absolute atomic E-state index is 13.1. The van der Waals surface area contributed by atoms with Crippen LogP contribution in [0.25, 0.3) is 11.1 Å². The zero-order chi connectivity index (χ0) is 23.4. The predicted octanol–water partition coefficient (Wildman–Crippen LogP) is 4.16. The zero-order valence-corrected chi connectivity index (χ0v) is 18.8. The number of aliphatic carboxylic acids is 1. The number of carbonyl (C=O) groups is 3. The van der Waals surface area contributed by atoms with Gasteiger partial charge in [0.25, 0.3) is 0 Å². The number of hydrogen-bond acceptors (Lipinski definition) is 4. The quantitative estimate of drug-likeness (QED) is 0.660. The van der Waals surface area contributed by atoms with Gasteiger partial charge in [0.2, 0.25) is 5.91 Å². The van der Waals surface area contributed by atoms with E-state index in [4.69, 9.17) is 4.74 Å². The average Bonchev–Trinajstić information content (AvgIpc) is 3.15. The lowest BCUT2D eigenvalue weighted by Gasteiger charge is -2.35. The number of carbonyl (C=O) groups excluding carboxylic acids is 2. The van der Waals surface area contributed by atoms with Gasteiger partial charge in [-0.05, 0) is 47.9 Å². The molecule has 2 N–H and O–H groups in total. The Balaban J connectivity index is 1.43. The maximum atomic E-state index is 13.1. The normalized spacial score (nSPS) is 18.2. The minimum absolute atomic E-state index is 0.0676. The molecule has 7 nitrogen and oxygen atoms in total. The van der Waals surface area contributed by atoms with Crippen LogP contribution >= 0.6 is 0 Å². The van der Waals surface area contributed by atoms with Gasteiger partial charge < -0.3 is 20.1 Å². The topological polar surface area (TPSA) is 95.9 Å². The highest BCUT2D eigenvalue weighted by atomic mass is 16.5. The van der Waals surface area contributed by atoms with Crippen molar-refractivity contribution in [3.63, 3.8) is 0 Å². The van der Waals surface area contributed by atoms with E-state index in [0.29, 0.717) is 25.8 Å². The summed E-state index contributed by atoms with van der Waals surface area (Å²) in [5, 5.41) is 12.2. The first kappa shape index (κ1) is 22.8. The SMILES string of the molecule is CCC[C@@H](NC(=O)OCC1c2ccccc2-c2ccccc21)C(=O)N1CCCC[C@H]1C(=O)O. The van der Waals surface area contributed by atoms with Crippen LogP contribution in [0.5, 0.6) is 0 Å². The summed E-state index contributed by atoms with van der Waals surface area (Å²) >= 11 is 0. The Bertz CT molecular complexity index is 991. The molecule has 2 amide bonds. The third-order valence-corrected chi connectivity index (χ3v) is 6.58. The summed E-state index contributed by atoms with van der Waals surface area (Å²) in [4.78, 5) is 38.8. The van der Waals surface area contributed by atoms with Gasteiger partial charge in [-0.3, -0.25) is 4.79 Å². The van der Waals surface area contributed by atoms with Gasteiger partial charge in [0.1, 0.15) is 18.7 Å². The molecular weight excluding hydrogens is 420 g/mol. The van der Waals surface area contributed by atoms with Crippen LogP contribution in [0.1, 0.15) is 56.1 Å². The molecule has 4 rings (SSSR count). The molecule has 7 heteroatoms. The fourth-order valence-electron chi connectivity index (χ4n) is 4.98. The van der Waals surface area contributed by atoms with Crippen molar-refractivity contribution in [2.24, 2.45) is 0 Å². The van der Waals surface area contributed by atoms with Gasteiger partial charge in [-0.2, -0.15) is 0 Å². The number of amides is 2. The molecule has 2 aliphatic rings. The molecule has 0 bridgehead atoms. The number of hydrogen-bond donors (Lipinski definition) is 2. The molecule has 1 aliphatic carbocycles. The second-order valence-electron chi connectivity index (χ2n) is 8.69. The number of fused-ring (bicyclic) bond motifs is 3. The number of nitrogens with zero attached hydrogens (tertiary/aromatic N) is 1. The second-order valence-corrected chi connectivity index (χ2v) is 8.69. The molecule has 174 valence electrons. The molecule has 2 aromatic carbocycles. The van der Waals surface area contributed by atoms with E-state index in [1.165, 1.54) is 4.90 Å². The van der Waals surface area contributed by atoms with Gasteiger partial charge in [0, 0.05) is 12.5 Å². The van der Waals surface area contributed by atoms with Crippen LogP contribution in [0.2, 0.25) is 0 Å². The average molecular weight is 451 g/mol. The Morgan fingerprint density at radius 2 is 1.70 bits per heavy atom. The molecule has 2 atom stereocenters. The van der Waals surface area contributed by atoms with Crippen LogP contribution in [-0.4, -0.2) is 53.2 Å². The highest BCUT2D eigenvalue weighted by molar-refractivity contribution is 5.89. The van der Waals surface area contributed by atoms with Crippen LogP contribution < -0.4 is 5.32 Å². The molecule has 0 unspecified atom stereocenters. The molecule has 0 saturated carbocycles. The minimum atomic E-state index is -1.00. The molecule has 2 aromatic rings.